The molecule has 1 aromatic rings. The Bertz CT molecular complexity index is 320. The highest BCUT2D eigenvalue weighted by molar-refractivity contribution is 5.82. The van der Waals surface area contributed by atoms with Crippen molar-refractivity contribution in [2.24, 2.45) is 5.92 Å². The highest BCUT2D eigenvalue weighted by Crippen LogP contribution is 2.22. The molecule has 1 aromatic carbocycles. The number of hydrogen-bond donors (Lipinski definition) is 1. The lowest BCUT2D eigenvalue weighted by atomic mass is 9.91. The molecule has 0 spiro atoms. The molecule has 0 aromatic heterocycles. The van der Waals surface area contributed by atoms with Crippen molar-refractivity contribution in [3.63, 3.8) is 0 Å². The second-order valence-corrected chi connectivity index (χ2v) is 3.94. The molecule has 1 N–H and O–H groups in total. The zero-order valence-electron chi connectivity index (χ0n) is 8.36. The fourth-order valence-corrected chi connectivity index (χ4v) is 1.83. The van der Waals surface area contributed by atoms with Crippen molar-refractivity contribution in [3.05, 3.63) is 35.9 Å². The summed E-state index contributed by atoms with van der Waals surface area (Å²) in [6, 6.07) is 10.4. The number of ketones is 1. The molecule has 0 unspecified atom stereocenters. The third kappa shape index (κ3) is 1.85. The van der Waals surface area contributed by atoms with E-state index in [1.54, 1.807) is 0 Å². The van der Waals surface area contributed by atoms with E-state index in [9.17, 15) is 4.79 Å². The second kappa shape index (κ2) is 3.93. The number of carbonyl (C=O) groups excluding carboxylic acids is 1. The topological polar surface area (TPSA) is 29.1 Å². The van der Waals surface area contributed by atoms with Gasteiger partial charge in [0.15, 0.2) is 0 Å². The molecular weight excluding hydrogens is 174 g/mol. The van der Waals surface area contributed by atoms with E-state index in [-0.39, 0.29) is 12.0 Å². The van der Waals surface area contributed by atoms with Crippen molar-refractivity contribution in [2.75, 3.05) is 6.54 Å². The third-order valence-corrected chi connectivity index (χ3v) is 2.83. The summed E-state index contributed by atoms with van der Waals surface area (Å²) in [7, 11) is 0. The summed E-state index contributed by atoms with van der Waals surface area (Å²) in [6.07, 6.45) is 0.630. The van der Waals surface area contributed by atoms with Gasteiger partial charge in [0.2, 0.25) is 0 Å². The van der Waals surface area contributed by atoms with Crippen LogP contribution in [0.1, 0.15) is 24.9 Å². The van der Waals surface area contributed by atoms with E-state index < -0.39 is 0 Å². The van der Waals surface area contributed by atoms with Crippen LogP contribution in [0.2, 0.25) is 0 Å². The molecule has 74 valence electrons. The zero-order valence-corrected chi connectivity index (χ0v) is 8.36. The third-order valence-electron chi connectivity index (χ3n) is 2.83. The molecule has 0 aliphatic carbocycles. The zero-order chi connectivity index (χ0) is 9.97. The maximum atomic E-state index is 11.5. The average Bonchev–Trinajstić information content (AvgIpc) is 2.23. The van der Waals surface area contributed by atoms with Crippen LogP contribution in [0.3, 0.4) is 0 Å². The van der Waals surface area contributed by atoms with Gasteiger partial charge < -0.3 is 5.32 Å². The standard InChI is InChI=1S/C12H15NO/c1-9-8-13-11(7-12(9)14)10-5-3-2-4-6-10/h2-6,9,11,13H,7-8H2,1H3/t9-,11-/m1/s1. The van der Waals surface area contributed by atoms with Crippen LogP contribution in [0, 0.1) is 5.92 Å². The lowest BCUT2D eigenvalue weighted by Crippen LogP contribution is -2.37. The summed E-state index contributed by atoms with van der Waals surface area (Å²) >= 11 is 0. The summed E-state index contributed by atoms with van der Waals surface area (Å²) in [6.45, 7) is 2.79. The van der Waals surface area contributed by atoms with Gasteiger partial charge in [-0.1, -0.05) is 37.3 Å². The summed E-state index contributed by atoms with van der Waals surface area (Å²) in [5.74, 6) is 0.549. The van der Waals surface area contributed by atoms with Crippen LogP contribution in [-0.2, 0) is 4.79 Å². The van der Waals surface area contributed by atoms with Gasteiger partial charge in [0, 0.05) is 24.9 Å². The molecule has 2 nitrogen and oxygen atoms in total. The Morgan fingerprint density at radius 2 is 2.00 bits per heavy atom. The normalized spacial score (nSPS) is 27.6. The smallest absolute Gasteiger partial charge is 0.138 e. The van der Waals surface area contributed by atoms with Gasteiger partial charge in [-0.05, 0) is 5.56 Å². The molecule has 0 bridgehead atoms. The summed E-state index contributed by atoms with van der Waals surface area (Å²) in [5.41, 5.74) is 1.22. The van der Waals surface area contributed by atoms with Gasteiger partial charge in [0.25, 0.3) is 0 Å². The van der Waals surface area contributed by atoms with E-state index in [2.05, 4.69) is 17.4 Å². The molecule has 2 rings (SSSR count). The molecule has 0 saturated carbocycles. The van der Waals surface area contributed by atoms with Gasteiger partial charge in [-0.2, -0.15) is 0 Å². The molecule has 1 heterocycles. The van der Waals surface area contributed by atoms with Crippen molar-refractivity contribution >= 4 is 5.78 Å². The van der Waals surface area contributed by atoms with Gasteiger partial charge in [-0.3, -0.25) is 4.79 Å². The summed E-state index contributed by atoms with van der Waals surface area (Å²) in [5, 5.41) is 3.39. The largest absolute Gasteiger partial charge is 0.309 e. The molecule has 1 aliphatic rings. The van der Waals surface area contributed by atoms with Gasteiger partial charge in [-0.15, -0.1) is 0 Å². The molecule has 1 fully saturated rings. The monoisotopic (exact) mass is 189 g/mol. The predicted molar refractivity (Wildman–Crippen MR) is 56.0 cm³/mol. The van der Waals surface area contributed by atoms with E-state index >= 15 is 0 Å². The van der Waals surface area contributed by atoms with Crippen molar-refractivity contribution < 1.29 is 4.79 Å². The lowest BCUT2D eigenvalue weighted by molar-refractivity contribution is -0.124. The van der Waals surface area contributed by atoms with Crippen LogP contribution in [0.4, 0.5) is 0 Å². The Balaban J connectivity index is 2.11. The van der Waals surface area contributed by atoms with E-state index in [0.717, 1.165) is 6.54 Å². The van der Waals surface area contributed by atoms with E-state index in [4.69, 9.17) is 0 Å². The molecule has 2 heteroatoms. The first-order chi connectivity index (χ1) is 6.77. The minimum atomic E-state index is 0.176. The van der Waals surface area contributed by atoms with Crippen molar-refractivity contribution in [2.45, 2.75) is 19.4 Å². The molecule has 14 heavy (non-hydrogen) atoms. The van der Waals surface area contributed by atoms with Gasteiger partial charge in [-0.25, -0.2) is 0 Å². The fourth-order valence-electron chi connectivity index (χ4n) is 1.83. The Labute approximate surface area is 84.3 Å². The van der Waals surface area contributed by atoms with Crippen LogP contribution in [0.25, 0.3) is 0 Å². The molecule has 0 amide bonds. The van der Waals surface area contributed by atoms with Crippen LogP contribution in [-0.4, -0.2) is 12.3 Å². The van der Waals surface area contributed by atoms with Crippen molar-refractivity contribution in [1.82, 2.24) is 5.32 Å². The summed E-state index contributed by atoms with van der Waals surface area (Å²) < 4.78 is 0. The molecule has 1 saturated heterocycles. The van der Waals surface area contributed by atoms with E-state index in [1.807, 2.05) is 25.1 Å². The second-order valence-electron chi connectivity index (χ2n) is 3.94. The maximum absolute atomic E-state index is 11.5. The van der Waals surface area contributed by atoms with Gasteiger partial charge in [0.1, 0.15) is 5.78 Å². The van der Waals surface area contributed by atoms with Crippen molar-refractivity contribution in [1.29, 1.82) is 0 Å². The lowest BCUT2D eigenvalue weighted by Gasteiger charge is -2.27. The number of piperidine rings is 1. The van der Waals surface area contributed by atoms with E-state index in [0.29, 0.717) is 12.2 Å². The van der Waals surface area contributed by atoms with Gasteiger partial charge in [0.05, 0.1) is 0 Å². The van der Waals surface area contributed by atoms with Crippen LogP contribution in [0.5, 0.6) is 0 Å². The summed E-state index contributed by atoms with van der Waals surface area (Å²) in [4.78, 5) is 11.5. The minimum absolute atomic E-state index is 0.176. The minimum Gasteiger partial charge on any atom is -0.309 e. The SMILES string of the molecule is C[C@@H]1CN[C@@H](c2ccccc2)CC1=O. The molecule has 0 radical (unpaired) electrons. The quantitative estimate of drug-likeness (QED) is 0.731. The van der Waals surface area contributed by atoms with Crippen LogP contribution in [0.15, 0.2) is 30.3 Å². The molecule has 2 atom stereocenters. The Kier molecular flexibility index (Phi) is 2.64. The fraction of sp³-hybridized carbons (Fsp3) is 0.417. The van der Waals surface area contributed by atoms with E-state index in [1.165, 1.54) is 5.56 Å². The molecular formula is C12H15NO. The van der Waals surface area contributed by atoms with Crippen LogP contribution >= 0.6 is 0 Å². The number of Topliss-reactive ketones (excluding diaryl/α,β-unsaturated/α-hetero) is 1. The average molecular weight is 189 g/mol. The number of carbonyl (C=O) groups is 1. The van der Waals surface area contributed by atoms with Crippen molar-refractivity contribution in [3.8, 4) is 0 Å². The highest BCUT2D eigenvalue weighted by Gasteiger charge is 2.25. The Hall–Kier alpha value is -1.15. The number of hydrogen-bond acceptors (Lipinski definition) is 2. The molecule has 1 aliphatic heterocycles. The number of nitrogens with one attached hydrogen (secondary N) is 1. The van der Waals surface area contributed by atoms with Gasteiger partial charge >= 0.3 is 0 Å². The van der Waals surface area contributed by atoms with Crippen LogP contribution < -0.4 is 5.32 Å². The predicted octanol–water partition coefficient (Wildman–Crippen LogP) is 1.93. The first-order valence-electron chi connectivity index (χ1n) is 5.08. The highest BCUT2D eigenvalue weighted by atomic mass is 16.1. The maximum Gasteiger partial charge on any atom is 0.138 e. The number of rotatable bonds is 1. The first kappa shape index (κ1) is 9.41. The Morgan fingerprint density at radius 1 is 1.29 bits per heavy atom. The Morgan fingerprint density at radius 3 is 2.64 bits per heavy atom. The number of benzene rings is 1. The first-order valence-corrected chi connectivity index (χ1v) is 5.08.